The van der Waals surface area contributed by atoms with Gasteiger partial charge in [0.05, 0.1) is 11.5 Å². The van der Waals surface area contributed by atoms with E-state index in [1.54, 1.807) is 7.05 Å². The second-order valence-corrected chi connectivity index (χ2v) is 7.30. The van der Waals surface area contributed by atoms with Crippen LogP contribution in [0.5, 0.6) is 5.75 Å². The van der Waals surface area contributed by atoms with Gasteiger partial charge in [0.1, 0.15) is 5.75 Å². The molecule has 1 aromatic rings. The van der Waals surface area contributed by atoms with E-state index in [4.69, 9.17) is 4.74 Å². The first-order chi connectivity index (χ1) is 12.2. The second-order valence-electron chi connectivity index (χ2n) is 7.30. The van der Waals surface area contributed by atoms with Gasteiger partial charge >= 0.3 is 0 Å². The van der Waals surface area contributed by atoms with Gasteiger partial charge in [-0.1, -0.05) is 12.1 Å². The summed E-state index contributed by atoms with van der Waals surface area (Å²) >= 11 is 0. The van der Waals surface area contributed by atoms with E-state index in [1.165, 1.54) is 0 Å². The fourth-order valence-corrected chi connectivity index (χ4v) is 2.36. The number of hydrogen-bond donors (Lipinski definition) is 3. The summed E-state index contributed by atoms with van der Waals surface area (Å²) in [6.45, 7) is 13.5. The topological polar surface area (TPSA) is 74.8 Å². The molecule has 0 atom stereocenters. The number of benzene rings is 1. The molecule has 0 saturated carbocycles. The first-order valence-corrected chi connectivity index (χ1v) is 9.18. The molecule has 0 aliphatic carbocycles. The van der Waals surface area contributed by atoms with E-state index < -0.39 is 5.41 Å². The van der Waals surface area contributed by atoms with Gasteiger partial charge in [-0.25, -0.2) is 0 Å². The van der Waals surface area contributed by atoms with Gasteiger partial charge < -0.3 is 20.7 Å². The molecule has 0 unspecified atom stereocenters. The van der Waals surface area contributed by atoms with Crippen LogP contribution in [-0.4, -0.2) is 38.1 Å². The van der Waals surface area contributed by atoms with Crippen molar-refractivity contribution in [3.63, 3.8) is 0 Å². The first-order valence-electron chi connectivity index (χ1n) is 9.18. The van der Waals surface area contributed by atoms with Crippen molar-refractivity contribution in [2.24, 2.45) is 10.4 Å². The highest BCUT2D eigenvalue weighted by atomic mass is 127. The predicted molar refractivity (Wildman–Crippen MR) is 123 cm³/mol. The molecule has 0 heterocycles. The highest BCUT2D eigenvalue weighted by Gasteiger charge is 2.27. The Kier molecular flexibility index (Phi) is 11.4. The van der Waals surface area contributed by atoms with Crippen LogP contribution in [0.3, 0.4) is 0 Å². The van der Waals surface area contributed by atoms with Gasteiger partial charge in [0.2, 0.25) is 5.91 Å². The molecule has 0 spiro atoms. The summed E-state index contributed by atoms with van der Waals surface area (Å²) in [4.78, 5) is 16.3. The number of carbonyl (C=O) groups excluding carboxylic acids is 1. The standard InChI is InChI=1S/C20H34N4O2.HI/c1-8-22-18(25)20(5,6)13-24-19(21-7)23-12-16-10-9-15(4)11-17(16)26-14(2)3;/h9-11,14H,8,12-13H2,1-7H3,(H,22,25)(H2,21,23,24);1H. The van der Waals surface area contributed by atoms with Crippen LogP contribution in [0.4, 0.5) is 0 Å². The summed E-state index contributed by atoms with van der Waals surface area (Å²) in [5, 5.41) is 9.38. The van der Waals surface area contributed by atoms with Crippen LogP contribution >= 0.6 is 24.0 Å². The van der Waals surface area contributed by atoms with Crippen molar-refractivity contribution in [3.8, 4) is 5.75 Å². The number of nitrogens with one attached hydrogen (secondary N) is 3. The minimum atomic E-state index is -0.524. The van der Waals surface area contributed by atoms with Crippen molar-refractivity contribution in [1.82, 2.24) is 16.0 Å². The maximum atomic E-state index is 12.1. The van der Waals surface area contributed by atoms with Gasteiger partial charge in [0, 0.05) is 32.2 Å². The Labute approximate surface area is 181 Å². The SMILES string of the molecule is CCNC(=O)C(C)(C)CNC(=NC)NCc1ccc(C)cc1OC(C)C.I. The minimum Gasteiger partial charge on any atom is -0.491 e. The molecule has 0 radical (unpaired) electrons. The van der Waals surface area contributed by atoms with Crippen molar-refractivity contribution < 1.29 is 9.53 Å². The largest absolute Gasteiger partial charge is 0.491 e. The monoisotopic (exact) mass is 490 g/mol. The third kappa shape index (κ3) is 8.81. The van der Waals surface area contributed by atoms with E-state index in [-0.39, 0.29) is 36.0 Å². The summed E-state index contributed by atoms with van der Waals surface area (Å²) < 4.78 is 5.91. The smallest absolute Gasteiger partial charge is 0.227 e. The third-order valence-electron chi connectivity index (χ3n) is 3.91. The Bertz CT molecular complexity index is 630. The number of rotatable bonds is 8. The van der Waals surface area contributed by atoms with Crippen LogP contribution in [0.15, 0.2) is 23.2 Å². The lowest BCUT2D eigenvalue weighted by atomic mass is 9.92. The Balaban J connectivity index is 0.00000676. The molecule has 0 aromatic heterocycles. The maximum Gasteiger partial charge on any atom is 0.227 e. The van der Waals surface area contributed by atoms with E-state index >= 15 is 0 Å². The fraction of sp³-hybridized carbons (Fsp3) is 0.600. The average Bonchev–Trinajstić information content (AvgIpc) is 2.56. The molecular weight excluding hydrogens is 455 g/mol. The number of aryl methyl sites for hydroxylation is 1. The van der Waals surface area contributed by atoms with Gasteiger partial charge in [0.15, 0.2) is 5.96 Å². The van der Waals surface area contributed by atoms with Crippen LogP contribution in [-0.2, 0) is 11.3 Å². The molecule has 0 saturated heterocycles. The van der Waals surface area contributed by atoms with Gasteiger partial charge in [0.25, 0.3) is 0 Å². The lowest BCUT2D eigenvalue weighted by molar-refractivity contribution is -0.128. The number of halogens is 1. The van der Waals surface area contributed by atoms with Crippen LogP contribution in [0.1, 0.15) is 45.7 Å². The Morgan fingerprint density at radius 3 is 2.44 bits per heavy atom. The number of hydrogen-bond acceptors (Lipinski definition) is 3. The lowest BCUT2D eigenvalue weighted by Crippen LogP contribution is -2.47. The molecule has 0 aliphatic heterocycles. The molecule has 1 rings (SSSR count). The van der Waals surface area contributed by atoms with Crippen LogP contribution in [0.25, 0.3) is 0 Å². The third-order valence-corrected chi connectivity index (χ3v) is 3.91. The zero-order chi connectivity index (χ0) is 19.7. The number of nitrogens with zero attached hydrogens (tertiary/aromatic N) is 1. The average molecular weight is 490 g/mol. The number of ether oxygens (including phenoxy) is 1. The highest BCUT2D eigenvalue weighted by molar-refractivity contribution is 14.0. The normalized spacial score (nSPS) is 11.6. The predicted octanol–water partition coefficient (Wildman–Crippen LogP) is 3.23. The molecule has 0 fully saturated rings. The summed E-state index contributed by atoms with van der Waals surface area (Å²) in [5.74, 6) is 1.55. The summed E-state index contributed by atoms with van der Waals surface area (Å²) in [5.41, 5.74) is 1.70. The molecule has 154 valence electrons. The minimum absolute atomic E-state index is 0. The molecule has 3 N–H and O–H groups in total. The van der Waals surface area contributed by atoms with E-state index in [2.05, 4.69) is 33.1 Å². The van der Waals surface area contributed by atoms with Crippen molar-refractivity contribution in [2.45, 2.75) is 54.2 Å². The molecule has 1 amide bonds. The molecule has 0 bridgehead atoms. The molecule has 0 aliphatic rings. The van der Waals surface area contributed by atoms with E-state index in [0.29, 0.717) is 25.6 Å². The Morgan fingerprint density at radius 1 is 1.22 bits per heavy atom. The van der Waals surface area contributed by atoms with Gasteiger partial charge in [-0.3, -0.25) is 9.79 Å². The van der Waals surface area contributed by atoms with E-state index in [1.807, 2.05) is 47.6 Å². The lowest BCUT2D eigenvalue weighted by Gasteiger charge is -2.25. The van der Waals surface area contributed by atoms with Crippen molar-refractivity contribution in [3.05, 3.63) is 29.3 Å². The molecule has 27 heavy (non-hydrogen) atoms. The van der Waals surface area contributed by atoms with E-state index in [0.717, 1.165) is 16.9 Å². The molecular formula is C20H35IN4O2. The Hall–Kier alpha value is -1.51. The van der Waals surface area contributed by atoms with Crippen molar-refractivity contribution in [2.75, 3.05) is 20.1 Å². The molecule has 7 heteroatoms. The number of carbonyl (C=O) groups is 1. The number of amides is 1. The summed E-state index contributed by atoms with van der Waals surface area (Å²) in [6.07, 6.45) is 0.117. The number of guanidine groups is 1. The van der Waals surface area contributed by atoms with Gasteiger partial charge in [-0.15, -0.1) is 24.0 Å². The summed E-state index contributed by atoms with van der Waals surface area (Å²) in [6, 6.07) is 6.18. The zero-order valence-electron chi connectivity index (χ0n) is 17.6. The maximum absolute atomic E-state index is 12.1. The second kappa shape index (κ2) is 12.0. The van der Waals surface area contributed by atoms with Crippen LogP contribution in [0.2, 0.25) is 0 Å². The van der Waals surface area contributed by atoms with Crippen molar-refractivity contribution >= 4 is 35.8 Å². The molecule has 6 nitrogen and oxygen atoms in total. The highest BCUT2D eigenvalue weighted by Crippen LogP contribution is 2.21. The van der Waals surface area contributed by atoms with Gasteiger partial charge in [-0.2, -0.15) is 0 Å². The van der Waals surface area contributed by atoms with Gasteiger partial charge in [-0.05, 0) is 53.2 Å². The quantitative estimate of drug-likeness (QED) is 0.297. The first kappa shape index (κ1) is 25.5. The summed E-state index contributed by atoms with van der Waals surface area (Å²) in [7, 11) is 1.72. The Morgan fingerprint density at radius 2 is 1.89 bits per heavy atom. The number of aliphatic imine (C=N–C) groups is 1. The van der Waals surface area contributed by atoms with Crippen LogP contribution in [0, 0.1) is 12.3 Å². The van der Waals surface area contributed by atoms with E-state index in [9.17, 15) is 4.79 Å². The molecule has 1 aromatic carbocycles. The van der Waals surface area contributed by atoms with Crippen LogP contribution < -0.4 is 20.7 Å². The zero-order valence-corrected chi connectivity index (χ0v) is 19.9. The fourth-order valence-electron chi connectivity index (χ4n) is 2.36. The van der Waals surface area contributed by atoms with Crippen molar-refractivity contribution in [1.29, 1.82) is 0 Å².